The first-order valence-electron chi connectivity index (χ1n) is 6.42. The van der Waals surface area contributed by atoms with Crippen molar-refractivity contribution < 1.29 is 27.8 Å². The summed E-state index contributed by atoms with van der Waals surface area (Å²) >= 11 is 0. The summed E-state index contributed by atoms with van der Waals surface area (Å²) in [6.45, 7) is 4.10. The number of benzene rings is 1. The maximum Gasteiger partial charge on any atom is 0.418 e. The first-order valence-corrected chi connectivity index (χ1v) is 6.42. The Morgan fingerprint density at radius 1 is 1.43 bits per heavy atom. The second-order valence-corrected chi connectivity index (χ2v) is 4.63. The van der Waals surface area contributed by atoms with Crippen molar-refractivity contribution >= 4 is 11.7 Å². The Balaban J connectivity index is 3.36. The van der Waals surface area contributed by atoms with Crippen LogP contribution in [0.2, 0.25) is 0 Å². The van der Waals surface area contributed by atoms with Crippen LogP contribution in [0.3, 0.4) is 0 Å². The number of nitrogens with zero attached hydrogens (tertiary/aromatic N) is 1. The molecule has 0 saturated carbocycles. The van der Waals surface area contributed by atoms with Gasteiger partial charge in [-0.2, -0.15) is 13.2 Å². The third-order valence-electron chi connectivity index (χ3n) is 3.14. The van der Waals surface area contributed by atoms with Crippen LogP contribution in [-0.2, 0) is 10.9 Å². The lowest BCUT2D eigenvalue weighted by molar-refractivity contribution is -0.137. The number of ether oxygens (including phenoxy) is 1. The Bertz CT molecular complexity index is 503. The molecule has 1 unspecified atom stereocenters. The second kappa shape index (κ2) is 6.80. The molecule has 0 aliphatic heterocycles. The fourth-order valence-electron chi connectivity index (χ4n) is 2.20. The molecule has 21 heavy (non-hydrogen) atoms. The van der Waals surface area contributed by atoms with Crippen LogP contribution in [0.25, 0.3) is 0 Å². The minimum atomic E-state index is -4.62. The number of halogens is 3. The van der Waals surface area contributed by atoms with Gasteiger partial charge in [0.05, 0.1) is 17.7 Å². The summed E-state index contributed by atoms with van der Waals surface area (Å²) in [5, 5.41) is 8.85. The summed E-state index contributed by atoms with van der Waals surface area (Å²) in [4.78, 5) is 12.4. The molecule has 118 valence electrons. The number of hydrogen-bond acceptors (Lipinski definition) is 3. The topological polar surface area (TPSA) is 49.8 Å². The van der Waals surface area contributed by atoms with Crippen molar-refractivity contribution in [1.29, 1.82) is 0 Å². The first kappa shape index (κ1) is 17.3. The van der Waals surface area contributed by atoms with Crippen LogP contribution >= 0.6 is 0 Å². The molecule has 0 heterocycles. The lowest BCUT2D eigenvalue weighted by atomic mass is 10.1. The standard InChI is InChI=1S/C14H18F3NO3/c1-4-18(9(2)8-21-3)12-6-5-10(13(19)20)7-11(12)14(15,16)17/h5-7,9H,4,8H2,1-3H3,(H,19,20). The normalized spacial score (nSPS) is 13.0. The quantitative estimate of drug-likeness (QED) is 0.876. The van der Waals surface area contributed by atoms with Crippen LogP contribution < -0.4 is 4.90 Å². The molecule has 7 heteroatoms. The third-order valence-corrected chi connectivity index (χ3v) is 3.14. The summed E-state index contributed by atoms with van der Waals surface area (Å²) in [5.41, 5.74) is -1.38. The minimum absolute atomic E-state index is 0.0421. The predicted octanol–water partition coefficient (Wildman–Crippen LogP) is 3.26. The van der Waals surface area contributed by atoms with Crippen molar-refractivity contribution in [2.75, 3.05) is 25.2 Å². The maximum atomic E-state index is 13.2. The smallest absolute Gasteiger partial charge is 0.418 e. The number of aromatic carboxylic acids is 1. The van der Waals surface area contributed by atoms with E-state index in [0.29, 0.717) is 12.6 Å². The summed E-state index contributed by atoms with van der Waals surface area (Å²) in [6.07, 6.45) is -4.62. The number of rotatable bonds is 6. The molecule has 0 amide bonds. The first-order chi connectivity index (χ1) is 9.72. The maximum absolute atomic E-state index is 13.2. The number of carbonyl (C=O) groups is 1. The van der Waals surface area contributed by atoms with E-state index in [-0.39, 0.29) is 23.9 Å². The van der Waals surface area contributed by atoms with Crippen molar-refractivity contribution in [3.05, 3.63) is 29.3 Å². The van der Waals surface area contributed by atoms with E-state index in [1.807, 2.05) is 0 Å². The zero-order chi connectivity index (χ0) is 16.2. The molecule has 1 aromatic carbocycles. The fourth-order valence-corrected chi connectivity index (χ4v) is 2.20. The van der Waals surface area contributed by atoms with Gasteiger partial charge in [-0.25, -0.2) is 4.79 Å². The van der Waals surface area contributed by atoms with Gasteiger partial charge in [-0.15, -0.1) is 0 Å². The second-order valence-electron chi connectivity index (χ2n) is 4.63. The number of alkyl halides is 3. The molecule has 0 bridgehead atoms. The SMILES string of the molecule is CCN(c1ccc(C(=O)O)cc1C(F)(F)F)C(C)COC. The summed E-state index contributed by atoms with van der Waals surface area (Å²) in [5.74, 6) is -1.39. The van der Waals surface area contributed by atoms with E-state index < -0.39 is 17.7 Å². The van der Waals surface area contributed by atoms with E-state index in [2.05, 4.69) is 0 Å². The fraction of sp³-hybridized carbons (Fsp3) is 0.500. The van der Waals surface area contributed by atoms with E-state index in [1.165, 1.54) is 24.1 Å². The van der Waals surface area contributed by atoms with Crippen LogP contribution in [0.1, 0.15) is 29.8 Å². The number of likely N-dealkylation sites (N-methyl/N-ethyl adjacent to an activating group) is 1. The molecule has 1 N–H and O–H groups in total. The summed E-state index contributed by atoms with van der Waals surface area (Å²) < 4.78 is 44.5. The molecule has 1 aromatic rings. The minimum Gasteiger partial charge on any atom is -0.478 e. The van der Waals surface area contributed by atoms with Crippen LogP contribution in [0.5, 0.6) is 0 Å². The highest BCUT2D eigenvalue weighted by molar-refractivity contribution is 5.88. The zero-order valence-corrected chi connectivity index (χ0v) is 12.1. The van der Waals surface area contributed by atoms with Gasteiger partial charge in [-0.3, -0.25) is 0 Å². The predicted molar refractivity (Wildman–Crippen MR) is 72.8 cm³/mol. The Kier molecular flexibility index (Phi) is 5.60. The lowest BCUT2D eigenvalue weighted by Gasteiger charge is -2.32. The Morgan fingerprint density at radius 3 is 2.48 bits per heavy atom. The van der Waals surface area contributed by atoms with Gasteiger partial charge in [-0.05, 0) is 32.0 Å². The van der Waals surface area contributed by atoms with Crippen LogP contribution in [-0.4, -0.2) is 37.4 Å². The number of carboxylic acid groups (broad SMARTS) is 1. The molecule has 0 saturated heterocycles. The lowest BCUT2D eigenvalue weighted by Crippen LogP contribution is -2.37. The molecule has 0 radical (unpaired) electrons. The number of methoxy groups -OCH3 is 1. The van der Waals surface area contributed by atoms with E-state index in [1.54, 1.807) is 13.8 Å². The van der Waals surface area contributed by atoms with E-state index >= 15 is 0 Å². The van der Waals surface area contributed by atoms with Gasteiger partial charge in [0.25, 0.3) is 0 Å². The van der Waals surface area contributed by atoms with Crippen LogP contribution in [0.4, 0.5) is 18.9 Å². The van der Waals surface area contributed by atoms with Gasteiger partial charge in [0, 0.05) is 25.4 Å². The van der Waals surface area contributed by atoms with Crippen molar-refractivity contribution in [2.45, 2.75) is 26.1 Å². The average molecular weight is 305 g/mol. The molecule has 4 nitrogen and oxygen atoms in total. The number of carboxylic acids is 1. The van der Waals surface area contributed by atoms with Gasteiger partial charge < -0.3 is 14.7 Å². The zero-order valence-electron chi connectivity index (χ0n) is 12.1. The number of anilines is 1. The molecule has 0 aliphatic carbocycles. The molecule has 0 aromatic heterocycles. The third kappa shape index (κ3) is 4.10. The largest absolute Gasteiger partial charge is 0.478 e. The Labute approximate surface area is 121 Å². The van der Waals surface area contributed by atoms with Crippen molar-refractivity contribution in [3.8, 4) is 0 Å². The molecule has 0 fully saturated rings. The molecular formula is C14H18F3NO3. The van der Waals surface area contributed by atoms with Gasteiger partial charge in [0.2, 0.25) is 0 Å². The van der Waals surface area contributed by atoms with Crippen molar-refractivity contribution in [1.82, 2.24) is 0 Å². The monoisotopic (exact) mass is 305 g/mol. The Morgan fingerprint density at radius 2 is 2.05 bits per heavy atom. The van der Waals surface area contributed by atoms with Gasteiger partial charge >= 0.3 is 12.1 Å². The summed E-state index contributed by atoms with van der Waals surface area (Å²) in [7, 11) is 1.47. The van der Waals surface area contributed by atoms with Crippen molar-refractivity contribution in [2.24, 2.45) is 0 Å². The van der Waals surface area contributed by atoms with Crippen molar-refractivity contribution in [3.63, 3.8) is 0 Å². The van der Waals surface area contributed by atoms with Gasteiger partial charge in [0.15, 0.2) is 0 Å². The highest BCUT2D eigenvalue weighted by Crippen LogP contribution is 2.38. The molecule has 1 rings (SSSR count). The molecule has 0 spiro atoms. The molecule has 1 atom stereocenters. The number of hydrogen-bond donors (Lipinski definition) is 1. The van der Waals surface area contributed by atoms with Crippen LogP contribution in [0.15, 0.2) is 18.2 Å². The van der Waals surface area contributed by atoms with E-state index in [0.717, 1.165) is 0 Å². The average Bonchev–Trinajstić information content (AvgIpc) is 2.38. The van der Waals surface area contributed by atoms with E-state index in [4.69, 9.17) is 9.84 Å². The summed E-state index contributed by atoms with van der Waals surface area (Å²) in [6, 6.07) is 2.77. The van der Waals surface area contributed by atoms with E-state index in [9.17, 15) is 18.0 Å². The molecule has 0 aliphatic rings. The molecular weight excluding hydrogens is 287 g/mol. The Hall–Kier alpha value is -1.76. The van der Waals surface area contributed by atoms with Gasteiger partial charge in [0.1, 0.15) is 0 Å². The highest BCUT2D eigenvalue weighted by Gasteiger charge is 2.36. The van der Waals surface area contributed by atoms with Gasteiger partial charge in [-0.1, -0.05) is 0 Å². The highest BCUT2D eigenvalue weighted by atomic mass is 19.4. The van der Waals surface area contributed by atoms with Crippen LogP contribution in [0, 0.1) is 0 Å².